The van der Waals surface area contributed by atoms with Crippen LogP contribution in [0.3, 0.4) is 0 Å². The highest BCUT2D eigenvalue weighted by Crippen LogP contribution is 2.21. The Balaban J connectivity index is 1.30. The van der Waals surface area contributed by atoms with Gasteiger partial charge in [-0.1, -0.05) is 30.3 Å². The molecular weight excluding hydrogens is 433 g/mol. The van der Waals surface area contributed by atoms with E-state index in [0.717, 1.165) is 22.9 Å². The fraction of sp³-hybridized carbons (Fsp3) is 0.231. The Morgan fingerprint density at radius 2 is 1.97 bits per heavy atom. The normalized spacial score (nSPS) is 15.7. The average molecular weight is 458 g/mol. The van der Waals surface area contributed by atoms with Gasteiger partial charge in [0.15, 0.2) is 0 Å². The van der Waals surface area contributed by atoms with Gasteiger partial charge in [0.1, 0.15) is 5.82 Å². The lowest BCUT2D eigenvalue weighted by Gasteiger charge is -2.18. The van der Waals surface area contributed by atoms with Crippen LogP contribution in [0.5, 0.6) is 0 Å². The number of amides is 1. The van der Waals surface area contributed by atoms with Crippen molar-refractivity contribution in [1.29, 1.82) is 0 Å². The molecular formula is C26H24FN5O2. The highest BCUT2D eigenvalue weighted by Gasteiger charge is 2.28. The molecule has 2 aromatic heterocycles. The van der Waals surface area contributed by atoms with Crippen molar-refractivity contribution in [3.63, 3.8) is 0 Å². The third-order valence-corrected chi connectivity index (χ3v) is 6.20. The summed E-state index contributed by atoms with van der Waals surface area (Å²) in [4.78, 5) is 31.0. The van der Waals surface area contributed by atoms with Crippen molar-refractivity contribution in [3.05, 3.63) is 106 Å². The van der Waals surface area contributed by atoms with E-state index in [2.05, 4.69) is 20.5 Å². The molecule has 2 aromatic carbocycles. The number of halogens is 1. The van der Waals surface area contributed by atoms with Gasteiger partial charge < -0.3 is 10.2 Å². The van der Waals surface area contributed by atoms with Crippen LogP contribution in [0.15, 0.2) is 71.8 Å². The van der Waals surface area contributed by atoms with Gasteiger partial charge in [0.25, 0.3) is 11.5 Å². The smallest absolute Gasteiger partial charge is 0.272 e. The average Bonchev–Trinajstić information content (AvgIpc) is 3.35. The first-order chi connectivity index (χ1) is 16.6. The number of carbonyl (C=O) groups is 1. The van der Waals surface area contributed by atoms with E-state index in [0.29, 0.717) is 37.1 Å². The van der Waals surface area contributed by atoms with Crippen molar-refractivity contribution < 1.29 is 9.18 Å². The Hall–Kier alpha value is -3.91. The summed E-state index contributed by atoms with van der Waals surface area (Å²) in [6.07, 6.45) is 4.72. The minimum atomic E-state index is -0.542. The van der Waals surface area contributed by atoms with E-state index in [1.165, 1.54) is 6.07 Å². The lowest BCUT2D eigenvalue weighted by molar-refractivity contribution is 0.0784. The molecule has 8 heteroatoms. The van der Waals surface area contributed by atoms with Gasteiger partial charge in [-0.15, -0.1) is 0 Å². The number of fused-ring (bicyclic) bond motifs is 1. The topological polar surface area (TPSA) is 91.0 Å². The first kappa shape index (κ1) is 21.9. The largest absolute Gasteiger partial charge is 0.337 e. The van der Waals surface area contributed by atoms with E-state index < -0.39 is 5.82 Å². The summed E-state index contributed by atoms with van der Waals surface area (Å²) in [5.74, 6) is -0.857. The number of aromatic amines is 1. The predicted molar refractivity (Wildman–Crippen MR) is 127 cm³/mol. The zero-order chi connectivity index (χ0) is 23.5. The maximum absolute atomic E-state index is 14.7. The molecule has 0 radical (unpaired) electrons. The number of H-pyrrole nitrogens is 1. The molecule has 1 aliphatic heterocycles. The van der Waals surface area contributed by atoms with Crippen LogP contribution in [0.1, 0.15) is 33.6 Å². The number of hydrogen-bond donors (Lipinski definition) is 2. The molecule has 2 N–H and O–H groups in total. The summed E-state index contributed by atoms with van der Waals surface area (Å²) >= 11 is 0. The van der Waals surface area contributed by atoms with Crippen LogP contribution in [0.4, 0.5) is 4.39 Å². The van der Waals surface area contributed by atoms with Gasteiger partial charge in [-0.25, -0.2) is 9.49 Å². The number of benzene rings is 2. The third-order valence-electron chi connectivity index (χ3n) is 6.20. The summed E-state index contributed by atoms with van der Waals surface area (Å²) in [6, 6.07) is 15.8. The third kappa shape index (κ3) is 4.58. The number of rotatable bonds is 6. The minimum Gasteiger partial charge on any atom is -0.337 e. The van der Waals surface area contributed by atoms with Crippen molar-refractivity contribution >= 4 is 16.7 Å². The second kappa shape index (κ2) is 9.52. The molecule has 0 aliphatic carbocycles. The lowest BCUT2D eigenvalue weighted by Crippen LogP contribution is -2.35. The SMILES string of the molecule is O=C(c1cc(Cc2n[nH]c(=O)c3ccccc23)ccc1F)N1CCC(NCc2cccnc2)C1. The Morgan fingerprint density at radius 3 is 2.79 bits per heavy atom. The summed E-state index contributed by atoms with van der Waals surface area (Å²) < 4.78 is 14.7. The molecule has 34 heavy (non-hydrogen) atoms. The molecule has 3 heterocycles. The van der Waals surface area contributed by atoms with E-state index in [1.54, 1.807) is 35.4 Å². The van der Waals surface area contributed by atoms with Gasteiger partial charge in [0.05, 0.1) is 16.6 Å². The van der Waals surface area contributed by atoms with Crippen LogP contribution in [0, 0.1) is 5.82 Å². The van der Waals surface area contributed by atoms with Crippen molar-refractivity contribution in [3.8, 4) is 0 Å². The first-order valence-electron chi connectivity index (χ1n) is 11.2. The van der Waals surface area contributed by atoms with Crippen LogP contribution in [-0.4, -0.2) is 45.1 Å². The second-order valence-electron chi connectivity index (χ2n) is 8.51. The molecule has 1 amide bonds. The molecule has 5 rings (SSSR count). The quantitative estimate of drug-likeness (QED) is 0.465. The molecule has 0 saturated carbocycles. The molecule has 1 aliphatic rings. The van der Waals surface area contributed by atoms with Gasteiger partial charge in [-0.2, -0.15) is 5.10 Å². The molecule has 1 unspecified atom stereocenters. The fourth-order valence-corrected chi connectivity index (χ4v) is 4.39. The van der Waals surface area contributed by atoms with Gasteiger partial charge in [0, 0.05) is 49.9 Å². The second-order valence-corrected chi connectivity index (χ2v) is 8.51. The monoisotopic (exact) mass is 457 g/mol. The van der Waals surface area contributed by atoms with Crippen molar-refractivity contribution in [1.82, 2.24) is 25.4 Å². The summed E-state index contributed by atoms with van der Waals surface area (Å²) in [5, 5.41) is 11.5. The molecule has 172 valence electrons. The van der Waals surface area contributed by atoms with Crippen LogP contribution in [0.2, 0.25) is 0 Å². The highest BCUT2D eigenvalue weighted by atomic mass is 19.1. The van der Waals surface area contributed by atoms with Crippen LogP contribution >= 0.6 is 0 Å². The summed E-state index contributed by atoms with van der Waals surface area (Å²) in [6.45, 7) is 1.76. The number of hydrogen-bond acceptors (Lipinski definition) is 5. The zero-order valence-corrected chi connectivity index (χ0v) is 18.5. The van der Waals surface area contributed by atoms with Crippen LogP contribution < -0.4 is 10.9 Å². The van der Waals surface area contributed by atoms with E-state index in [1.807, 2.05) is 30.5 Å². The van der Waals surface area contributed by atoms with E-state index in [-0.39, 0.29) is 23.1 Å². The van der Waals surface area contributed by atoms with E-state index >= 15 is 0 Å². The predicted octanol–water partition coefficient (Wildman–Crippen LogP) is 3.05. The van der Waals surface area contributed by atoms with Crippen molar-refractivity contribution in [2.45, 2.75) is 25.4 Å². The Bertz CT molecular complexity index is 1390. The van der Waals surface area contributed by atoms with Crippen LogP contribution in [0.25, 0.3) is 10.8 Å². The Morgan fingerprint density at radius 1 is 1.12 bits per heavy atom. The summed E-state index contributed by atoms with van der Waals surface area (Å²) in [7, 11) is 0. The van der Waals surface area contributed by atoms with Crippen molar-refractivity contribution in [2.75, 3.05) is 13.1 Å². The number of aromatic nitrogens is 3. The number of nitrogens with zero attached hydrogens (tertiary/aromatic N) is 3. The number of pyridine rings is 1. The molecule has 0 spiro atoms. The minimum absolute atomic E-state index is 0.0548. The maximum Gasteiger partial charge on any atom is 0.272 e. The van der Waals surface area contributed by atoms with Gasteiger partial charge in [-0.3, -0.25) is 14.6 Å². The Kier molecular flexibility index (Phi) is 6.14. The Labute approximate surface area is 195 Å². The molecule has 7 nitrogen and oxygen atoms in total. The fourth-order valence-electron chi connectivity index (χ4n) is 4.39. The van der Waals surface area contributed by atoms with Crippen LogP contribution in [-0.2, 0) is 13.0 Å². The van der Waals surface area contributed by atoms with Gasteiger partial charge in [0.2, 0.25) is 0 Å². The van der Waals surface area contributed by atoms with Gasteiger partial charge in [-0.05, 0) is 41.8 Å². The molecule has 1 fully saturated rings. The lowest BCUT2D eigenvalue weighted by atomic mass is 10.0. The summed E-state index contributed by atoms with van der Waals surface area (Å²) in [5.41, 5.74) is 2.30. The van der Waals surface area contributed by atoms with E-state index in [4.69, 9.17) is 0 Å². The van der Waals surface area contributed by atoms with E-state index in [9.17, 15) is 14.0 Å². The zero-order valence-electron chi connectivity index (χ0n) is 18.5. The maximum atomic E-state index is 14.7. The molecule has 1 saturated heterocycles. The van der Waals surface area contributed by atoms with Crippen molar-refractivity contribution in [2.24, 2.45) is 0 Å². The molecule has 4 aromatic rings. The molecule has 0 bridgehead atoms. The first-order valence-corrected chi connectivity index (χ1v) is 11.2. The number of nitrogens with one attached hydrogen (secondary N) is 2. The highest BCUT2D eigenvalue weighted by molar-refractivity contribution is 5.95. The van der Waals surface area contributed by atoms with Gasteiger partial charge >= 0.3 is 0 Å². The molecule has 1 atom stereocenters. The standard InChI is InChI=1S/C26H24FN5O2/c27-23-8-7-17(13-24-20-5-1-2-6-21(20)25(33)31-30-24)12-22(23)26(34)32-11-9-19(16-32)29-15-18-4-3-10-28-14-18/h1-8,10,12,14,19,29H,9,11,13,15-16H2,(H,31,33). The number of carbonyl (C=O) groups excluding carboxylic acids is 1. The number of likely N-dealkylation sites (tertiary alicyclic amines) is 1.